The van der Waals surface area contributed by atoms with E-state index in [0.29, 0.717) is 12.3 Å². The van der Waals surface area contributed by atoms with E-state index in [-0.39, 0.29) is 12.7 Å². The monoisotopic (exact) mass is 449 g/mol. The van der Waals surface area contributed by atoms with Crippen LogP contribution in [0.15, 0.2) is 42.5 Å². The number of anilines is 2. The summed E-state index contributed by atoms with van der Waals surface area (Å²) in [5, 5.41) is 0. The number of benzene rings is 2. The van der Waals surface area contributed by atoms with Crippen molar-refractivity contribution in [3.63, 3.8) is 0 Å². The number of para-hydroxylation sites is 2. The molecule has 0 atom stereocenters. The number of methoxy groups -OCH3 is 1. The SMILES string of the molecule is COc1ccccc1N1CCN(CC(=O)N2c3cc4c(cc3C(C)=CC2(C)C)OCO4)CC1. The summed E-state index contributed by atoms with van der Waals surface area (Å²) in [5.74, 6) is 2.41. The third-order valence-corrected chi connectivity index (χ3v) is 6.71. The summed E-state index contributed by atoms with van der Waals surface area (Å²) in [7, 11) is 1.70. The standard InChI is InChI=1S/C26H31N3O4/c1-18-15-26(2,3)29(21-14-24-23(13-19(18)21)32-17-33-24)25(30)16-27-9-11-28(12-10-27)20-7-5-6-8-22(20)31-4/h5-8,13-15H,9-12,16-17H2,1-4H3. The van der Waals surface area contributed by atoms with E-state index in [9.17, 15) is 4.79 Å². The Morgan fingerprint density at radius 1 is 1.03 bits per heavy atom. The number of amides is 1. The molecule has 7 heteroatoms. The van der Waals surface area contributed by atoms with Crippen molar-refractivity contribution in [2.24, 2.45) is 0 Å². The Labute approximate surface area is 195 Å². The predicted molar refractivity (Wildman–Crippen MR) is 129 cm³/mol. The summed E-state index contributed by atoms with van der Waals surface area (Å²) in [6.45, 7) is 10.2. The molecule has 0 radical (unpaired) electrons. The van der Waals surface area contributed by atoms with Crippen molar-refractivity contribution >= 4 is 22.9 Å². The predicted octanol–water partition coefficient (Wildman–Crippen LogP) is 3.77. The lowest BCUT2D eigenvalue weighted by Crippen LogP contribution is -2.55. The number of hydrogen-bond acceptors (Lipinski definition) is 6. The van der Waals surface area contributed by atoms with Crippen molar-refractivity contribution in [3.8, 4) is 17.2 Å². The van der Waals surface area contributed by atoms with Crippen LogP contribution in [-0.2, 0) is 4.79 Å². The average molecular weight is 450 g/mol. The third-order valence-electron chi connectivity index (χ3n) is 6.71. The van der Waals surface area contributed by atoms with Gasteiger partial charge in [-0.1, -0.05) is 18.2 Å². The first kappa shape index (κ1) is 21.6. The van der Waals surface area contributed by atoms with Gasteiger partial charge in [-0.05, 0) is 44.5 Å². The van der Waals surface area contributed by atoms with Crippen LogP contribution < -0.4 is 24.0 Å². The number of ether oxygens (including phenoxy) is 3. The fourth-order valence-electron chi connectivity index (χ4n) is 5.17. The third kappa shape index (κ3) is 3.91. The number of piperazine rings is 1. The Kier molecular flexibility index (Phi) is 5.44. The zero-order chi connectivity index (χ0) is 23.2. The number of carbonyl (C=O) groups is 1. The molecule has 3 aliphatic rings. The Hall–Kier alpha value is -3.19. The maximum atomic E-state index is 13.7. The minimum atomic E-state index is -0.429. The zero-order valence-electron chi connectivity index (χ0n) is 19.8. The van der Waals surface area contributed by atoms with Gasteiger partial charge in [0.1, 0.15) is 5.75 Å². The van der Waals surface area contributed by atoms with E-state index in [0.717, 1.165) is 60.2 Å². The van der Waals surface area contributed by atoms with Crippen LogP contribution in [0.2, 0.25) is 0 Å². The number of carbonyl (C=O) groups excluding carboxylic acids is 1. The summed E-state index contributed by atoms with van der Waals surface area (Å²) in [5.41, 5.74) is 3.73. The van der Waals surface area contributed by atoms with Gasteiger partial charge in [0.05, 0.1) is 30.6 Å². The molecule has 0 bridgehead atoms. The second-order valence-corrected chi connectivity index (χ2v) is 9.37. The molecule has 5 rings (SSSR count). The molecule has 1 fully saturated rings. The van der Waals surface area contributed by atoms with E-state index < -0.39 is 5.54 Å². The van der Waals surface area contributed by atoms with Crippen LogP contribution in [0.1, 0.15) is 26.3 Å². The summed E-state index contributed by atoms with van der Waals surface area (Å²) >= 11 is 0. The lowest BCUT2D eigenvalue weighted by Gasteiger charge is -2.43. The minimum absolute atomic E-state index is 0.0922. The highest BCUT2D eigenvalue weighted by atomic mass is 16.7. The highest BCUT2D eigenvalue weighted by Gasteiger charge is 2.38. The van der Waals surface area contributed by atoms with Crippen molar-refractivity contribution in [2.45, 2.75) is 26.3 Å². The molecule has 7 nitrogen and oxygen atoms in total. The Morgan fingerprint density at radius 2 is 1.73 bits per heavy atom. The van der Waals surface area contributed by atoms with Crippen LogP contribution in [0.25, 0.3) is 5.57 Å². The first-order valence-corrected chi connectivity index (χ1v) is 11.4. The average Bonchev–Trinajstić information content (AvgIpc) is 3.25. The minimum Gasteiger partial charge on any atom is -0.495 e. The van der Waals surface area contributed by atoms with E-state index in [4.69, 9.17) is 14.2 Å². The molecule has 1 amide bonds. The summed E-state index contributed by atoms with van der Waals surface area (Å²) in [4.78, 5) is 20.1. The number of rotatable bonds is 4. The van der Waals surface area contributed by atoms with Gasteiger partial charge < -0.3 is 24.0 Å². The van der Waals surface area contributed by atoms with Gasteiger partial charge in [0.15, 0.2) is 11.5 Å². The topological polar surface area (TPSA) is 54.5 Å². The van der Waals surface area contributed by atoms with E-state index in [1.807, 2.05) is 35.2 Å². The van der Waals surface area contributed by atoms with E-state index in [2.05, 4.69) is 42.7 Å². The quantitative estimate of drug-likeness (QED) is 0.708. The lowest BCUT2D eigenvalue weighted by atomic mass is 9.88. The van der Waals surface area contributed by atoms with E-state index >= 15 is 0 Å². The Morgan fingerprint density at radius 3 is 2.45 bits per heavy atom. The second kappa shape index (κ2) is 8.30. The summed E-state index contributed by atoms with van der Waals surface area (Å²) in [6.07, 6.45) is 2.16. The first-order valence-electron chi connectivity index (χ1n) is 11.4. The van der Waals surface area contributed by atoms with Crippen molar-refractivity contribution in [2.75, 3.05) is 56.4 Å². The van der Waals surface area contributed by atoms with Gasteiger partial charge >= 0.3 is 0 Å². The number of fused-ring (bicyclic) bond motifs is 2. The molecule has 0 spiro atoms. The molecule has 2 aromatic rings. The molecule has 2 aromatic carbocycles. The Bertz CT molecular complexity index is 1100. The van der Waals surface area contributed by atoms with E-state index in [1.54, 1.807) is 7.11 Å². The molecule has 3 heterocycles. The van der Waals surface area contributed by atoms with Crippen LogP contribution >= 0.6 is 0 Å². The van der Waals surface area contributed by atoms with Crippen LogP contribution in [0.5, 0.6) is 17.2 Å². The van der Waals surface area contributed by atoms with Gasteiger partial charge in [-0.3, -0.25) is 9.69 Å². The molecule has 33 heavy (non-hydrogen) atoms. The van der Waals surface area contributed by atoms with Gasteiger partial charge in [-0.15, -0.1) is 0 Å². The second-order valence-electron chi connectivity index (χ2n) is 9.37. The van der Waals surface area contributed by atoms with Gasteiger partial charge in [-0.2, -0.15) is 0 Å². The first-order chi connectivity index (χ1) is 15.9. The van der Waals surface area contributed by atoms with Gasteiger partial charge in [0, 0.05) is 37.8 Å². The Balaban J connectivity index is 1.32. The maximum Gasteiger partial charge on any atom is 0.241 e. The molecular formula is C26H31N3O4. The van der Waals surface area contributed by atoms with Crippen molar-refractivity contribution in [3.05, 3.63) is 48.0 Å². The molecular weight excluding hydrogens is 418 g/mol. The highest BCUT2D eigenvalue weighted by Crippen LogP contribution is 2.46. The smallest absolute Gasteiger partial charge is 0.241 e. The van der Waals surface area contributed by atoms with Crippen LogP contribution in [0.4, 0.5) is 11.4 Å². The van der Waals surface area contributed by atoms with Gasteiger partial charge in [0.25, 0.3) is 0 Å². The zero-order valence-corrected chi connectivity index (χ0v) is 19.8. The molecule has 0 aliphatic carbocycles. The molecule has 0 aromatic heterocycles. The largest absolute Gasteiger partial charge is 0.495 e. The molecule has 174 valence electrons. The normalized spacial score (nSPS) is 19.2. The number of hydrogen-bond donors (Lipinski definition) is 0. The summed E-state index contributed by atoms with van der Waals surface area (Å²) in [6, 6.07) is 12.0. The molecule has 1 saturated heterocycles. The highest BCUT2D eigenvalue weighted by molar-refractivity contribution is 6.02. The molecule has 3 aliphatic heterocycles. The van der Waals surface area contributed by atoms with Gasteiger partial charge in [0.2, 0.25) is 12.7 Å². The fraction of sp³-hybridized carbons (Fsp3) is 0.423. The number of allylic oxidation sites excluding steroid dienone is 1. The fourth-order valence-corrected chi connectivity index (χ4v) is 5.17. The molecule has 0 saturated carbocycles. The number of nitrogens with zero attached hydrogens (tertiary/aromatic N) is 3. The summed E-state index contributed by atoms with van der Waals surface area (Å²) < 4.78 is 16.7. The van der Waals surface area contributed by atoms with Crippen LogP contribution in [0.3, 0.4) is 0 Å². The molecule has 0 N–H and O–H groups in total. The van der Waals surface area contributed by atoms with Crippen LogP contribution in [-0.4, -0.2) is 63.0 Å². The van der Waals surface area contributed by atoms with Crippen molar-refractivity contribution in [1.82, 2.24) is 4.90 Å². The van der Waals surface area contributed by atoms with Crippen molar-refractivity contribution in [1.29, 1.82) is 0 Å². The lowest BCUT2D eigenvalue weighted by molar-refractivity contribution is -0.120. The molecule has 0 unspecified atom stereocenters. The van der Waals surface area contributed by atoms with E-state index in [1.165, 1.54) is 0 Å². The van der Waals surface area contributed by atoms with Crippen LogP contribution in [0, 0.1) is 0 Å². The van der Waals surface area contributed by atoms with Crippen molar-refractivity contribution < 1.29 is 19.0 Å². The van der Waals surface area contributed by atoms with Gasteiger partial charge in [-0.25, -0.2) is 0 Å². The maximum absolute atomic E-state index is 13.7.